The molecule has 0 atom stereocenters. The molecule has 0 saturated heterocycles. The fourth-order valence-corrected chi connectivity index (χ4v) is 3.96. The van der Waals surface area contributed by atoms with E-state index in [0.29, 0.717) is 10.1 Å². The van der Waals surface area contributed by atoms with Gasteiger partial charge in [0, 0.05) is 10.1 Å². The molecule has 0 aliphatic rings. The van der Waals surface area contributed by atoms with Gasteiger partial charge in [0.2, 0.25) is 0 Å². The van der Waals surface area contributed by atoms with Crippen LogP contribution in [-0.2, 0) is 4.74 Å². The molecule has 0 bridgehead atoms. The average Bonchev–Trinajstić information content (AvgIpc) is 2.67. The number of carbonyl (C=O) groups excluding carboxylic acids is 1. The highest BCUT2D eigenvalue weighted by molar-refractivity contribution is 7.16. The molecule has 0 amide bonds. The van der Waals surface area contributed by atoms with E-state index in [-0.39, 0.29) is 11.3 Å². The third kappa shape index (κ3) is 2.62. The monoisotopic (exact) mass is 362 g/mol. The highest BCUT2D eigenvalue weighted by Gasteiger charge is 2.20. The summed E-state index contributed by atoms with van der Waals surface area (Å²) in [7, 11) is 1.18. The van der Waals surface area contributed by atoms with Crippen LogP contribution >= 0.6 is 11.3 Å². The Morgan fingerprint density at radius 1 is 0.962 bits per heavy atom. The Morgan fingerprint density at radius 2 is 1.65 bits per heavy atom. The molecule has 1 heterocycles. The molecule has 0 aliphatic carbocycles. The van der Waals surface area contributed by atoms with Gasteiger partial charge in [0.25, 0.3) is 4.74 Å². The summed E-state index contributed by atoms with van der Waals surface area (Å²) in [5, 5.41) is 13.1. The smallest absolute Gasteiger partial charge is 0.346 e. The van der Waals surface area contributed by atoms with E-state index < -0.39 is 10.7 Å². The van der Waals surface area contributed by atoms with Gasteiger partial charge in [0.05, 0.1) is 7.11 Å². The van der Waals surface area contributed by atoms with Crippen LogP contribution in [0, 0.1) is 0 Å². The second-order valence-corrected chi connectivity index (χ2v) is 6.89. The van der Waals surface area contributed by atoms with E-state index in [0.717, 1.165) is 33.2 Å². The molecule has 4 rings (SSSR count). The van der Waals surface area contributed by atoms with E-state index in [1.165, 1.54) is 7.11 Å². The molecule has 1 aromatic heterocycles. The van der Waals surface area contributed by atoms with Crippen molar-refractivity contribution in [1.82, 2.24) is 0 Å². The Kier molecular flexibility index (Phi) is 3.93. The Hall–Kier alpha value is -3.18. The van der Waals surface area contributed by atoms with Crippen molar-refractivity contribution in [2.45, 2.75) is 0 Å². The van der Waals surface area contributed by atoms with Crippen molar-refractivity contribution in [2.75, 3.05) is 7.11 Å². The Labute approximate surface area is 152 Å². The van der Waals surface area contributed by atoms with Gasteiger partial charge in [-0.2, -0.15) is 0 Å². The molecule has 4 aromatic rings. The maximum atomic E-state index is 12.2. The number of aromatic hydroxyl groups is 1. The molecule has 5 heteroatoms. The van der Waals surface area contributed by atoms with Gasteiger partial charge < -0.3 is 9.84 Å². The third-order valence-corrected chi connectivity index (χ3v) is 5.30. The van der Waals surface area contributed by atoms with Crippen LogP contribution in [0.3, 0.4) is 0 Å². The molecule has 128 valence electrons. The van der Waals surface area contributed by atoms with Crippen molar-refractivity contribution in [1.29, 1.82) is 0 Å². The number of ether oxygens (including phenoxy) is 1. The third-order valence-electron chi connectivity index (χ3n) is 4.35. The SMILES string of the molecule is COC(=O)c1c(O)c2ccc(-c3ccc4ccccc4c3)cc2sc1=O. The van der Waals surface area contributed by atoms with E-state index in [4.69, 9.17) is 0 Å². The van der Waals surface area contributed by atoms with Crippen molar-refractivity contribution in [2.24, 2.45) is 0 Å². The second-order valence-electron chi connectivity index (χ2n) is 5.88. The first-order valence-electron chi connectivity index (χ1n) is 7.96. The molecular formula is C21H14O4S. The summed E-state index contributed by atoms with van der Waals surface area (Å²) >= 11 is 0.922. The number of rotatable bonds is 2. The largest absolute Gasteiger partial charge is 0.506 e. The van der Waals surface area contributed by atoms with Crippen molar-refractivity contribution in [3.05, 3.63) is 75.8 Å². The topological polar surface area (TPSA) is 63.6 Å². The number of esters is 1. The zero-order valence-electron chi connectivity index (χ0n) is 13.9. The van der Waals surface area contributed by atoms with E-state index in [2.05, 4.69) is 22.9 Å². The highest BCUT2D eigenvalue weighted by atomic mass is 32.1. The summed E-state index contributed by atoms with van der Waals surface area (Å²) in [4.78, 5) is 24.0. The van der Waals surface area contributed by atoms with Gasteiger partial charge in [-0.05, 0) is 40.1 Å². The van der Waals surface area contributed by atoms with Gasteiger partial charge in [-0.25, -0.2) is 4.79 Å². The summed E-state index contributed by atoms with van der Waals surface area (Å²) in [6.45, 7) is 0. The van der Waals surface area contributed by atoms with Crippen LogP contribution in [0.2, 0.25) is 0 Å². The van der Waals surface area contributed by atoms with Gasteiger partial charge in [0.1, 0.15) is 5.75 Å². The molecule has 0 saturated carbocycles. The number of hydrogen-bond donors (Lipinski definition) is 1. The minimum Gasteiger partial charge on any atom is -0.506 e. The summed E-state index contributed by atoms with van der Waals surface area (Å²) < 4.78 is 4.69. The summed E-state index contributed by atoms with van der Waals surface area (Å²) in [5.41, 5.74) is 1.63. The minimum atomic E-state index is -0.829. The fraction of sp³-hybridized carbons (Fsp3) is 0.0476. The molecule has 0 spiro atoms. The first kappa shape index (κ1) is 16.3. The number of methoxy groups -OCH3 is 1. The predicted molar refractivity (Wildman–Crippen MR) is 104 cm³/mol. The van der Waals surface area contributed by atoms with Gasteiger partial charge in [-0.15, -0.1) is 0 Å². The van der Waals surface area contributed by atoms with Crippen molar-refractivity contribution >= 4 is 38.2 Å². The van der Waals surface area contributed by atoms with E-state index in [9.17, 15) is 14.7 Å². The fourth-order valence-electron chi connectivity index (χ4n) is 3.02. The standard InChI is InChI=1S/C21H14O4S/c1-25-20(23)18-19(22)16-9-8-15(11-17(16)26-21(18)24)14-7-6-12-4-2-3-5-13(12)10-14/h2-11,22H,1H3. The van der Waals surface area contributed by atoms with Crippen LogP contribution in [0.25, 0.3) is 32.0 Å². The van der Waals surface area contributed by atoms with Crippen molar-refractivity contribution in [3.8, 4) is 16.9 Å². The Balaban J connectivity index is 1.90. The molecule has 1 N–H and O–H groups in total. The van der Waals surface area contributed by atoms with Crippen LogP contribution in [0.15, 0.2) is 65.5 Å². The first-order valence-corrected chi connectivity index (χ1v) is 8.77. The summed E-state index contributed by atoms with van der Waals surface area (Å²) in [6.07, 6.45) is 0. The minimum absolute atomic E-state index is 0.316. The molecule has 0 aliphatic heterocycles. The maximum absolute atomic E-state index is 12.2. The first-order chi connectivity index (χ1) is 12.6. The second kappa shape index (κ2) is 6.28. The maximum Gasteiger partial charge on any atom is 0.346 e. The molecule has 26 heavy (non-hydrogen) atoms. The van der Waals surface area contributed by atoms with Crippen LogP contribution in [0.4, 0.5) is 0 Å². The molecule has 0 radical (unpaired) electrons. The van der Waals surface area contributed by atoms with Crippen molar-refractivity contribution < 1.29 is 14.6 Å². The van der Waals surface area contributed by atoms with Gasteiger partial charge in [-0.1, -0.05) is 53.8 Å². The van der Waals surface area contributed by atoms with Crippen LogP contribution < -0.4 is 4.74 Å². The van der Waals surface area contributed by atoms with E-state index in [1.807, 2.05) is 36.4 Å². The van der Waals surface area contributed by atoms with Gasteiger partial charge in [0.15, 0.2) is 5.56 Å². The van der Waals surface area contributed by atoms with E-state index in [1.54, 1.807) is 6.07 Å². The normalized spacial score (nSPS) is 11.0. The lowest BCUT2D eigenvalue weighted by Gasteiger charge is -2.08. The highest BCUT2D eigenvalue weighted by Crippen LogP contribution is 2.33. The van der Waals surface area contributed by atoms with E-state index >= 15 is 0 Å². The Morgan fingerprint density at radius 3 is 2.42 bits per heavy atom. The zero-order chi connectivity index (χ0) is 18.3. The number of fused-ring (bicyclic) bond motifs is 2. The summed E-state index contributed by atoms with van der Waals surface area (Å²) in [6, 6.07) is 19.7. The van der Waals surface area contributed by atoms with Gasteiger partial charge in [-0.3, -0.25) is 4.79 Å². The summed E-state index contributed by atoms with van der Waals surface area (Å²) in [5.74, 6) is -1.16. The van der Waals surface area contributed by atoms with Crippen molar-refractivity contribution in [3.63, 3.8) is 0 Å². The number of benzene rings is 3. The Bertz CT molecular complexity index is 1220. The number of carbonyl (C=O) groups is 1. The van der Waals surface area contributed by atoms with Crippen LogP contribution in [0.5, 0.6) is 5.75 Å². The zero-order valence-corrected chi connectivity index (χ0v) is 14.7. The lowest BCUT2D eigenvalue weighted by Crippen LogP contribution is -2.13. The molecular weight excluding hydrogens is 348 g/mol. The lowest BCUT2D eigenvalue weighted by molar-refractivity contribution is 0.0597. The average molecular weight is 362 g/mol. The molecule has 0 fully saturated rings. The van der Waals surface area contributed by atoms with Crippen LogP contribution in [-0.4, -0.2) is 18.2 Å². The number of hydrogen-bond acceptors (Lipinski definition) is 5. The quantitative estimate of drug-likeness (QED) is 0.531. The molecule has 3 aromatic carbocycles. The van der Waals surface area contributed by atoms with Crippen LogP contribution in [0.1, 0.15) is 10.4 Å². The molecule has 4 nitrogen and oxygen atoms in total. The lowest BCUT2D eigenvalue weighted by atomic mass is 10.0. The predicted octanol–water partition coefficient (Wildman–Crippen LogP) is 4.57. The molecule has 0 unspecified atom stereocenters. The van der Waals surface area contributed by atoms with Gasteiger partial charge >= 0.3 is 5.97 Å².